The summed E-state index contributed by atoms with van der Waals surface area (Å²) in [5.74, 6) is 0.388. The van der Waals surface area contributed by atoms with Crippen LogP contribution < -0.4 is 10.6 Å². The van der Waals surface area contributed by atoms with E-state index in [1.165, 1.54) is 18.3 Å². The number of amides is 1. The number of anilines is 1. The van der Waals surface area contributed by atoms with E-state index in [0.717, 1.165) is 19.4 Å². The summed E-state index contributed by atoms with van der Waals surface area (Å²) in [6, 6.07) is 4.91. The van der Waals surface area contributed by atoms with E-state index in [9.17, 15) is 14.9 Å². The molecule has 9 heteroatoms. The molecule has 1 amide bonds. The van der Waals surface area contributed by atoms with Crippen LogP contribution in [0, 0.1) is 21.4 Å². The Balaban J connectivity index is 1.66. The van der Waals surface area contributed by atoms with Gasteiger partial charge < -0.3 is 10.6 Å². The fourth-order valence-electron chi connectivity index (χ4n) is 2.39. The molecule has 0 aromatic carbocycles. The maximum absolute atomic E-state index is 11.8. The number of rotatable bonds is 7. The average molecular weight is 318 g/mol. The summed E-state index contributed by atoms with van der Waals surface area (Å²) < 4.78 is 0. The smallest absolute Gasteiger partial charge is 0.287 e. The summed E-state index contributed by atoms with van der Waals surface area (Å²) >= 11 is 0. The van der Waals surface area contributed by atoms with Crippen molar-refractivity contribution in [1.29, 1.82) is 5.26 Å². The maximum Gasteiger partial charge on any atom is 0.287 e. The van der Waals surface area contributed by atoms with E-state index in [1.54, 1.807) is 0 Å². The monoisotopic (exact) mass is 318 g/mol. The fourth-order valence-corrected chi connectivity index (χ4v) is 2.39. The molecule has 2 heterocycles. The number of carbonyl (C=O) groups excluding carboxylic acids is 1. The van der Waals surface area contributed by atoms with Crippen LogP contribution in [0.1, 0.15) is 12.8 Å². The average Bonchev–Trinajstić information content (AvgIpc) is 2.99. The Hall–Kier alpha value is -2.73. The molecule has 1 fully saturated rings. The van der Waals surface area contributed by atoms with E-state index < -0.39 is 4.92 Å². The van der Waals surface area contributed by atoms with Crippen LogP contribution in [0.3, 0.4) is 0 Å². The van der Waals surface area contributed by atoms with E-state index in [4.69, 9.17) is 5.26 Å². The SMILES string of the molecule is N#C[C@@H]1CCCN1CC(=O)NCCNc1ccc([N+](=O)[O-])cn1. The molecule has 0 spiro atoms. The molecule has 9 nitrogen and oxygen atoms in total. The summed E-state index contributed by atoms with van der Waals surface area (Å²) in [4.78, 5) is 27.6. The predicted octanol–water partition coefficient (Wildman–Crippen LogP) is 0.506. The van der Waals surface area contributed by atoms with Gasteiger partial charge in [-0.15, -0.1) is 0 Å². The van der Waals surface area contributed by atoms with Gasteiger partial charge in [0.2, 0.25) is 5.91 Å². The maximum atomic E-state index is 11.8. The molecule has 1 aromatic heterocycles. The second-order valence-corrected chi connectivity index (χ2v) is 5.19. The molecule has 0 aliphatic carbocycles. The third kappa shape index (κ3) is 4.89. The molecule has 2 rings (SSSR count). The van der Waals surface area contributed by atoms with Gasteiger partial charge in [-0.05, 0) is 18.9 Å². The van der Waals surface area contributed by atoms with Crippen molar-refractivity contribution < 1.29 is 9.72 Å². The van der Waals surface area contributed by atoms with Crippen molar-refractivity contribution >= 4 is 17.4 Å². The molecule has 1 aromatic rings. The Morgan fingerprint density at radius 2 is 2.35 bits per heavy atom. The number of nitriles is 1. The first-order chi connectivity index (χ1) is 11.1. The van der Waals surface area contributed by atoms with Crippen LogP contribution in [0.15, 0.2) is 18.3 Å². The molecule has 1 saturated heterocycles. The van der Waals surface area contributed by atoms with Crippen LogP contribution in [-0.4, -0.2) is 52.9 Å². The van der Waals surface area contributed by atoms with Gasteiger partial charge in [0.05, 0.1) is 23.6 Å². The lowest BCUT2D eigenvalue weighted by Gasteiger charge is -2.18. The van der Waals surface area contributed by atoms with E-state index >= 15 is 0 Å². The highest BCUT2D eigenvalue weighted by molar-refractivity contribution is 5.78. The molecule has 0 bridgehead atoms. The molecule has 1 atom stereocenters. The van der Waals surface area contributed by atoms with Crippen molar-refractivity contribution in [2.24, 2.45) is 0 Å². The van der Waals surface area contributed by atoms with Crippen LogP contribution in [0.5, 0.6) is 0 Å². The lowest BCUT2D eigenvalue weighted by molar-refractivity contribution is -0.385. The first-order valence-corrected chi connectivity index (χ1v) is 7.35. The first kappa shape index (κ1) is 16.6. The minimum Gasteiger partial charge on any atom is -0.368 e. The quantitative estimate of drug-likeness (QED) is 0.426. The Morgan fingerprint density at radius 1 is 1.52 bits per heavy atom. The van der Waals surface area contributed by atoms with Gasteiger partial charge in [-0.2, -0.15) is 5.26 Å². The van der Waals surface area contributed by atoms with E-state index in [2.05, 4.69) is 21.7 Å². The normalized spacial score (nSPS) is 17.4. The first-order valence-electron chi connectivity index (χ1n) is 7.35. The molecule has 0 saturated carbocycles. The standard InChI is InChI=1S/C14H18N6O3/c15-8-11-2-1-7-19(11)10-14(21)17-6-5-16-13-4-3-12(9-18-13)20(22)23/h3-4,9,11H,1-2,5-7,10H2,(H,16,18)(H,17,21)/t11-/m0/s1. The molecule has 2 N–H and O–H groups in total. The molecule has 122 valence electrons. The van der Waals surface area contributed by atoms with E-state index in [0.29, 0.717) is 18.9 Å². The minimum absolute atomic E-state index is 0.0680. The molecule has 0 radical (unpaired) electrons. The zero-order valence-electron chi connectivity index (χ0n) is 12.6. The van der Waals surface area contributed by atoms with Crippen LogP contribution in [0.2, 0.25) is 0 Å². The number of aromatic nitrogens is 1. The summed E-state index contributed by atoms with van der Waals surface area (Å²) in [5, 5.41) is 25.2. The van der Waals surface area contributed by atoms with Crippen LogP contribution in [0.4, 0.5) is 11.5 Å². The van der Waals surface area contributed by atoms with Gasteiger partial charge in [-0.25, -0.2) is 4.98 Å². The third-order valence-corrected chi connectivity index (χ3v) is 3.57. The fraction of sp³-hybridized carbons (Fsp3) is 0.500. The van der Waals surface area contributed by atoms with Crippen LogP contribution in [-0.2, 0) is 4.79 Å². The van der Waals surface area contributed by atoms with Gasteiger partial charge in [0.25, 0.3) is 5.69 Å². The zero-order chi connectivity index (χ0) is 16.7. The topological polar surface area (TPSA) is 124 Å². The van der Waals surface area contributed by atoms with Crippen LogP contribution >= 0.6 is 0 Å². The van der Waals surface area contributed by atoms with Gasteiger partial charge in [0.1, 0.15) is 12.0 Å². The predicted molar refractivity (Wildman–Crippen MR) is 82.6 cm³/mol. The minimum atomic E-state index is -0.510. The van der Waals surface area contributed by atoms with Crippen molar-refractivity contribution in [2.75, 3.05) is 31.5 Å². The summed E-state index contributed by atoms with van der Waals surface area (Å²) in [6.07, 6.45) is 2.94. The van der Waals surface area contributed by atoms with Gasteiger partial charge in [0, 0.05) is 25.7 Å². The molecule has 23 heavy (non-hydrogen) atoms. The van der Waals surface area contributed by atoms with Crippen molar-refractivity contribution in [2.45, 2.75) is 18.9 Å². The number of nitrogens with one attached hydrogen (secondary N) is 2. The Kier molecular flexibility index (Phi) is 5.82. The summed E-state index contributed by atoms with van der Waals surface area (Å²) in [7, 11) is 0. The Morgan fingerprint density at radius 3 is 3.00 bits per heavy atom. The lowest BCUT2D eigenvalue weighted by Crippen LogP contribution is -2.40. The molecule has 1 aliphatic rings. The second-order valence-electron chi connectivity index (χ2n) is 5.19. The highest BCUT2D eigenvalue weighted by Gasteiger charge is 2.25. The van der Waals surface area contributed by atoms with Crippen molar-refractivity contribution in [3.05, 3.63) is 28.4 Å². The van der Waals surface area contributed by atoms with Gasteiger partial charge in [0.15, 0.2) is 0 Å². The van der Waals surface area contributed by atoms with Crippen LogP contribution in [0.25, 0.3) is 0 Å². The Labute approximate surface area is 133 Å². The summed E-state index contributed by atoms with van der Waals surface area (Å²) in [6.45, 7) is 1.87. The highest BCUT2D eigenvalue weighted by Crippen LogP contribution is 2.15. The molecule has 1 aliphatic heterocycles. The molecular formula is C14H18N6O3. The Bertz CT molecular complexity index is 598. The lowest BCUT2D eigenvalue weighted by atomic mass is 10.2. The molecular weight excluding hydrogens is 300 g/mol. The molecule has 0 unspecified atom stereocenters. The largest absolute Gasteiger partial charge is 0.368 e. The number of nitro groups is 1. The van der Waals surface area contributed by atoms with Crippen molar-refractivity contribution in [3.63, 3.8) is 0 Å². The second kappa shape index (κ2) is 8.05. The van der Waals surface area contributed by atoms with E-state index in [-0.39, 0.29) is 24.2 Å². The third-order valence-electron chi connectivity index (χ3n) is 3.57. The van der Waals surface area contributed by atoms with Gasteiger partial charge >= 0.3 is 0 Å². The zero-order valence-corrected chi connectivity index (χ0v) is 12.6. The number of likely N-dealkylation sites (tertiary alicyclic amines) is 1. The number of hydrogen-bond donors (Lipinski definition) is 2. The van der Waals surface area contributed by atoms with Crippen molar-refractivity contribution in [1.82, 2.24) is 15.2 Å². The highest BCUT2D eigenvalue weighted by atomic mass is 16.6. The number of pyridine rings is 1. The van der Waals surface area contributed by atoms with E-state index in [1.807, 2.05) is 4.90 Å². The van der Waals surface area contributed by atoms with Crippen molar-refractivity contribution in [3.8, 4) is 6.07 Å². The number of carbonyl (C=O) groups is 1. The summed E-state index contributed by atoms with van der Waals surface area (Å²) in [5.41, 5.74) is -0.0680. The van der Waals surface area contributed by atoms with Gasteiger partial charge in [-0.3, -0.25) is 19.8 Å². The number of nitrogens with zero attached hydrogens (tertiary/aromatic N) is 4. The van der Waals surface area contributed by atoms with Gasteiger partial charge in [-0.1, -0.05) is 0 Å². The number of hydrogen-bond acceptors (Lipinski definition) is 7.